The predicted octanol–water partition coefficient (Wildman–Crippen LogP) is 2.33. The Bertz CT molecular complexity index is 117. The third-order valence-electron chi connectivity index (χ3n) is 1.38. The summed E-state index contributed by atoms with van der Waals surface area (Å²) < 4.78 is 0. The zero-order valence-electron chi connectivity index (χ0n) is 7.57. The topological polar surface area (TPSA) is 26.0 Å². The number of hydrogen-bond donors (Lipinski definition) is 1. The third-order valence-corrected chi connectivity index (χ3v) is 1.38. The zero-order valence-corrected chi connectivity index (χ0v) is 7.57. The Balaban J connectivity index is 3.73. The van der Waals surface area contributed by atoms with Gasteiger partial charge in [-0.25, -0.2) is 0 Å². The number of nitrogens with two attached hydrogens (primary N) is 1. The van der Waals surface area contributed by atoms with Crippen molar-refractivity contribution < 1.29 is 0 Å². The molecular weight excluding hydrogens is 122 g/mol. The van der Waals surface area contributed by atoms with E-state index < -0.39 is 0 Å². The summed E-state index contributed by atoms with van der Waals surface area (Å²) in [7, 11) is 0. The zero-order chi connectivity index (χ0) is 8.20. The summed E-state index contributed by atoms with van der Waals surface area (Å²) in [5.41, 5.74) is 7.12. The molecule has 0 bridgehead atoms. The minimum Gasteiger partial charge on any atom is -0.327 e. The van der Waals surface area contributed by atoms with Crippen molar-refractivity contribution in [2.45, 2.75) is 34.1 Å². The van der Waals surface area contributed by atoms with Crippen LogP contribution in [0.4, 0.5) is 0 Å². The molecule has 0 aliphatic carbocycles. The van der Waals surface area contributed by atoms with Gasteiger partial charge in [0.1, 0.15) is 0 Å². The molecular formula is C9H19N. The Hall–Kier alpha value is -0.300. The van der Waals surface area contributed by atoms with Crippen LogP contribution in [0, 0.1) is 5.41 Å². The van der Waals surface area contributed by atoms with Gasteiger partial charge in [-0.05, 0) is 18.8 Å². The van der Waals surface area contributed by atoms with Crippen molar-refractivity contribution in [1.82, 2.24) is 0 Å². The van der Waals surface area contributed by atoms with Crippen molar-refractivity contribution in [2.75, 3.05) is 6.54 Å². The summed E-state index contributed by atoms with van der Waals surface area (Å²) in [4.78, 5) is 0. The fraction of sp³-hybridized carbons (Fsp3) is 0.778. The summed E-state index contributed by atoms with van der Waals surface area (Å²) in [6.07, 6.45) is 3.34. The second kappa shape index (κ2) is 3.77. The van der Waals surface area contributed by atoms with Crippen LogP contribution in [0.1, 0.15) is 34.1 Å². The van der Waals surface area contributed by atoms with Crippen LogP contribution >= 0.6 is 0 Å². The molecule has 0 spiro atoms. The maximum Gasteiger partial charge on any atom is 0.0134 e. The van der Waals surface area contributed by atoms with Crippen LogP contribution in [0.25, 0.3) is 0 Å². The van der Waals surface area contributed by atoms with Crippen LogP contribution in [0.3, 0.4) is 0 Å². The van der Waals surface area contributed by atoms with Gasteiger partial charge in [-0.1, -0.05) is 32.4 Å². The normalized spacial score (nSPS) is 13.9. The number of rotatable bonds is 2. The van der Waals surface area contributed by atoms with Crippen molar-refractivity contribution >= 4 is 0 Å². The molecule has 0 heterocycles. The van der Waals surface area contributed by atoms with Crippen LogP contribution in [0.5, 0.6) is 0 Å². The van der Waals surface area contributed by atoms with Gasteiger partial charge >= 0.3 is 0 Å². The fourth-order valence-electron chi connectivity index (χ4n) is 0.564. The van der Waals surface area contributed by atoms with E-state index in [4.69, 9.17) is 5.73 Å². The van der Waals surface area contributed by atoms with E-state index in [-0.39, 0.29) is 0 Å². The third kappa shape index (κ3) is 5.83. The van der Waals surface area contributed by atoms with Crippen LogP contribution < -0.4 is 5.73 Å². The smallest absolute Gasteiger partial charge is 0.0134 e. The summed E-state index contributed by atoms with van der Waals surface area (Å²) >= 11 is 0. The standard InChI is InChI=1S/C9H19N/c1-8(7-10)5-6-9(2,3)4/h5H,6-7,10H2,1-4H3. The molecule has 2 N–H and O–H groups in total. The number of allylic oxidation sites excluding steroid dienone is 1. The first-order valence-corrected chi connectivity index (χ1v) is 3.81. The molecule has 0 aromatic rings. The van der Waals surface area contributed by atoms with Crippen LogP contribution in [-0.4, -0.2) is 6.54 Å². The molecule has 0 aromatic heterocycles. The molecule has 10 heavy (non-hydrogen) atoms. The van der Waals surface area contributed by atoms with Gasteiger partial charge in [0.15, 0.2) is 0 Å². The Morgan fingerprint density at radius 1 is 1.40 bits per heavy atom. The van der Waals surface area contributed by atoms with Crippen LogP contribution in [-0.2, 0) is 0 Å². The van der Waals surface area contributed by atoms with Gasteiger partial charge < -0.3 is 5.73 Å². The van der Waals surface area contributed by atoms with Gasteiger partial charge in [-0.2, -0.15) is 0 Å². The average molecular weight is 141 g/mol. The molecule has 60 valence electrons. The molecule has 0 atom stereocenters. The summed E-state index contributed by atoms with van der Waals surface area (Å²) in [5, 5.41) is 0. The summed E-state index contributed by atoms with van der Waals surface area (Å²) in [6, 6.07) is 0. The fourth-order valence-corrected chi connectivity index (χ4v) is 0.564. The highest BCUT2D eigenvalue weighted by atomic mass is 14.5. The lowest BCUT2D eigenvalue weighted by atomic mass is 9.91. The highest BCUT2D eigenvalue weighted by Crippen LogP contribution is 2.19. The second-order valence-electron chi connectivity index (χ2n) is 4.02. The Morgan fingerprint density at radius 2 is 1.90 bits per heavy atom. The van der Waals surface area contributed by atoms with Crippen molar-refractivity contribution in [3.05, 3.63) is 11.6 Å². The van der Waals surface area contributed by atoms with Crippen molar-refractivity contribution in [2.24, 2.45) is 11.1 Å². The van der Waals surface area contributed by atoms with Gasteiger partial charge in [0, 0.05) is 6.54 Å². The van der Waals surface area contributed by atoms with E-state index in [0.29, 0.717) is 12.0 Å². The van der Waals surface area contributed by atoms with E-state index >= 15 is 0 Å². The Morgan fingerprint density at radius 3 is 2.20 bits per heavy atom. The first kappa shape index (κ1) is 9.70. The monoisotopic (exact) mass is 141 g/mol. The lowest BCUT2D eigenvalue weighted by Gasteiger charge is -2.15. The minimum absolute atomic E-state index is 0.399. The van der Waals surface area contributed by atoms with E-state index in [1.807, 2.05) is 0 Å². The molecule has 0 saturated carbocycles. The summed E-state index contributed by atoms with van der Waals surface area (Å²) in [6.45, 7) is 9.45. The molecule has 0 aliphatic heterocycles. The molecule has 0 aromatic carbocycles. The van der Waals surface area contributed by atoms with Gasteiger partial charge in [0.2, 0.25) is 0 Å². The molecule has 0 saturated heterocycles. The maximum atomic E-state index is 5.43. The van der Waals surface area contributed by atoms with E-state index in [1.54, 1.807) is 0 Å². The number of hydrogen-bond acceptors (Lipinski definition) is 1. The second-order valence-corrected chi connectivity index (χ2v) is 4.02. The Labute approximate surface area is 64.3 Å². The van der Waals surface area contributed by atoms with E-state index in [9.17, 15) is 0 Å². The molecule has 1 heteroatoms. The first-order valence-electron chi connectivity index (χ1n) is 3.81. The van der Waals surface area contributed by atoms with Crippen molar-refractivity contribution in [3.8, 4) is 0 Å². The van der Waals surface area contributed by atoms with Crippen molar-refractivity contribution in [3.63, 3.8) is 0 Å². The van der Waals surface area contributed by atoms with Crippen molar-refractivity contribution in [1.29, 1.82) is 0 Å². The lowest BCUT2D eigenvalue weighted by molar-refractivity contribution is 0.419. The minimum atomic E-state index is 0.399. The van der Waals surface area contributed by atoms with Gasteiger partial charge in [-0.3, -0.25) is 0 Å². The van der Waals surface area contributed by atoms with E-state index in [2.05, 4.69) is 33.8 Å². The van der Waals surface area contributed by atoms with E-state index in [1.165, 1.54) is 5.57 Å². The molecule has 1 nitrogen and oxygen atoms in total. The van der Waals surface area contributed by atoms with Crippen LogP contribution in [0.15, 0.2) is 11.6 Å². The maximum absolute atomic E-state index is 5.43. The molecule has 0 radical (unpaired) electrons. The molecule has 0 rings (SSSR count). The van der Waals surface area contributed by atoms with E-state index in [0.717, 1.165) is 6.42 Å². The molecule has 0 unspecified atom stereocenters. The van der Waals surface area contributed by atoms with Gasteiger partial charge in [-0.15, -0.1) is 0 Å². The molecule has 0 fully saturated rings. The largest absolute Gasteiger partial charge is 0.327 e. The SMILES string of the molecule is CC(=CCC(C)(C)C)CN. The highest BCUT2D eigenvalue weighted by Gasteiger charge is 2.06. The average Bonchev–Trinajstić information content (AvgIpc) is 1.81. The predicted molar refractivity (Wildman–Crippen MR) is 46.9 cm³/mol. The van der Waals surface area contributed by atoms with Gasteiger partial charge in [0.25, 0.3) is 0 Å². The van der Waals surface area contributed by atoms with Gasteiger partial charge in [0.05, 0.1) is 0 Å². The van der Waals surface area contributed by atoms with Crippen LogP contribution in [0.2, 0.25) is 0 Å². The molecule has 0 amide bonds. The highest BCUT2D eigenvalue weighted by molar-refractivity contribution is 5.00. The summed E-state index contributed by atoms with van der Waals surface area (Å²) in [5.74, 6) is 0. The molecule has 0 aliphatic rings. The first-order chi connectivity index (χ1) is 4.45. The quantitative estimate of drug-likeness (QED) is 0.587. The Kier molecular flexibility index (Phi) is 3.66. The lowest BCUT2D eigenvalue weighted by Crippen LogP contribution is -2.05.